The second kappa shape index (κ2) is 4.70. The molecule has 0 heterocycles. The van der Waals surface area contributed by atoms with Crippen molar-refractivity contribution in [1.82, 2.24) is 0 Å². The molecule has 0 bridgehead atoms. The first-order chi connectivity index (χ1) is 9.85. The Morgan fingerprint density at radius 2 is 1.86 bits per heavy atom. The van der Waals surface area contributed by atoms with Gasteiger partial charge in [-0.15, -0.1) is 0 Å². The molecule has 0 N–H and O–H groups in total. The fourth-order valence-electron chi connectivity index (χ4n) is 2.13. The molecule has 6 nitrogen and oxygen atoms in total. The normalized spacial score (nSPS) is 16.9. The molecular weight excluding hydrogens is 327 g/mol. The fourth-order valence-corrected chi connectivity index (χ4v) is 2.60. The van der Waals surface area contributed by atoms with Crippen LogP contribution in [0.25, 0.3) is 5.76 Å². The van der Waals surface area contributed by atoms with Crippen LogP contribution < -0.4 is 0 Å². The number of alkyl halides is 3. The second-order valence-electron chi connectivity index (χ2n) is 5.20. The average molecular weight is 337 g/mol. The first kappa shape index (κ1) is 16.3. The molecule has 1 aromatic rings. The number of rotatable bonds is 3. The zero-order valence-corrected chi connectivity index (χ0v) is 12.2. The predicted octanol–water partition coefficient (Wildman–Crippen LogP) is 3.09. The largest absolute Gasteiger partial charge is 0.534 e. The lowest BCUT2D eigenvalue weighted by Crippen LogP contribution is -2.24. The van der Waals surface area contributed by atoms with Gasteiger partial charge in [-0.2, -0.15) is 21.6 Å². The van der Waals surface area contributed by atoms with E-state index < -0.39 is 31.7 Å². The van der Waals surface area contributed by atoms with E-state index in [1.165, 1.54) is 18.2 Å². The number of nitro groups is 1. The van der Waals surface area contributed by atoms with E-state index in [-0.39, 0.29) is 11.3 Å². The Kier molecular flexibility index (Phi) is 3.48. The third-order valence-corrected chi connectivity index (χ3v) is 4.11. The number of non-ortho nitro benzene ring substituents is 1. The van der Waals surface area contributed by atoms with Crippen LogP contribution in [0.3, 0.4) is 0 Å². The molecule has 1 aliphatic rings. The zero-order chi connectivity index (χ0) is 16.9. The highest BCUT2D eigenvalue weighted by atomic mass is 32.2. The average Bonchev–Trinajstić information content (AvgIpc) is 2.58. The van der Waals surface area contributed by atoms with E-state index in [4.69, 9.17) is 0 Å². The summed E-state index contributed by atoms with van der Waals surface area (Å²) >= 11 is 0. The van der Waals surface area contributed by atoms with Crippen molar-refractivity contribution >= 4 is 21.6 Å². The maximum Gasteiger partial charge on any atom is 0.534 e. The van der Waals surface area contributed by atoms with Crippen LogP contribution in [-0.2, 0) is 19.7 Å². The van der Waals surface area contributed by atoms with E-state index in [1.54, 1.807) is 13.8 Å². The Labute approximate surface area is 123 Å². The summed E-state index contributed by atoms with van der Waals surface area (Å²) in [6.07, 6.45) is 1.19. The Balaban J connectivity index is 2.54. The molecule has 0 unspecified atom stereocenters. The monoisotopic (exact) mass is 337 g/mol. The van der Waals surface area contributed by atoms with Gasteiger partial charge in [-0.25, -0.2) is 0 Å². The molecule has 0 atom stereocenters. The summed E-state index contributed by atoms with van der Waals surface area (Å²) in [5.41, 5.74) is -6.39. The lowest BCUT2D eigenvalue weighted by atomic mass is 9.87. The van der Waals surface area contributed by atoms with Gasteiger partial charge >= 0.3 is 15.6 Å². The maximum atomic E-state index is 12.4. The van der Waals surface area contributed by atoms with Gasteiger partial charge in [-0.1, -0.05) is 19.9 Å². The Morgan fingerprint density at radius 3 is 2.36 bits per heavy atom. The standard InChI is InChI=1S/C12H10F3NO5S/c1-11(2)6-10(21-22(19,20)12(13,14)15)8-5-7(16(17)18)3-4-9(8)11/h3-6H,1-2H3. The van der Waals surface area contributed by atoms with Crippen LogP contribution in [0, 0.1) is 10.1 Å². The number of hydrogen-bond acceptors (Lipinski definition) is 5. The first-order valence-electron chi connectivity index (χ1n) is 5.88. The molecule has 0 saturated heterocycles. The van der Waals surface area contributed by atoms with Crippen molar-refractivity contribution < 1.29 is 30.7 Å². The molecule has 0 fully saturated rings. The lowest BCUT2D eigenvalue weighted by Gasteiger charge is -2.16. The van der Waals surface area contributed by atoms with Gasteiger partial charge in [-0.3, -0.25) is 10.1 Å². The predicted molar refractivity (Wildman–Crippen MR) is 70.2 cm³/mol. The minimum absolute atomic E-state index is 0.0491. The van der Waals surface area contributed by atoms with Crippen molar-refractivity contribution in [2.75, 3.05) is 0 Å². The van der Waals surface area contributed by atoms with Gasteiger partial charge in [-0.05, 0) is 11.6 Å². The SMILES string of the molecule is CC1(C)C=C(OS(=O)(=O)C(F)(F)F)c2cc([N+](=O)[O-])ccc21. The van der Waals surface area contributed by atoms with Gasteiger partial charge in [0.05, 0.1) is 4.92 Å². The fraction of sp³-hybridized carbons (Fsp3) is 0.333. The van der Waals surface area contributed by atoms with E-state index in [0.717, 1.165) is 6.07 Å². The summed E-state index contributed by atoms with van der Waals surface area (Å²) in [4.78, 5) is 10.0. The van der Waals surface area contributed by atoms with Crippen LogP contribution in [0.2, 0.25) is 0 Å². The van der Waals surface area contributed by atoms with Crippen molar-refractivity contribution in [3.63, 3.8) is 0 Å². The molecule has 1 aromatic carbocycles. The highest BCUT2D eigenvalue weighted by molar-refractivity contribution is 7.87. The van der Waals surface area contributed by atoms with Gasteiger partial charge in [0, 0.05) is 23.1 Å². The molecule has 22 heavy (non-hydrogen) atoms. The van der Waals surface area contributed by atoms with Crippen LogP contribution >= 0.6 is 0 Å². The van der Waals surface area contributed by atoms with Crippen molar-refractivity contribution in [3.8, 4) is 0 Å². The summed E-state index contributed by atoms with van der Waals surface area (Å²) in [6.45, 7) is 3.24. The molecule has 0 saturated carbocycles. The minimum atomic E-state index is -5.85. The number of nitrogens with zero attached hydrogens (tertiary/aromatic N) is 1. The molecule has 0 aliphatic heterocycles. The van der Waals surface area contributed by atoms with Gasteiger partial charge in [0.1, 0.15) is 5.76 Å². The number of allylic oxidation sites excluding steroid dienone is 1. The molecule has 0 amide bonds. The molecule has 1 aliphatic carbocycles. The van der Waals surface area contributed by atoms with Crippen molar-refractivity contribution in [2.24, 2.45) is 0 Å². The second-order valence-corrected chi connectivity index (χ2v) is 6.74. The first-order valence-corrected chi connectivity index (χ1v) is 7.29. The van der Waals surface area contributed by atoms with Crippen LogP contribution in [0.1, 0.15) is 25.0 Å². The quantitative estimate of drug-likeness (QED) is 0.366. The van der Waals surface area contributed by atoms with Crippen LogP contribution in [0.4, 0.5) is 18.9 Å². The third kappa shape index (κ3) is 2.65. The Bertz CT molecular complexity index is 780. The molecule has 120 valence electrons. The number of fused-ring (bicyclic) bond motifs is 1. The minimum Gasteiger partial charge on any atom is -0.376 e. The molecule has 2 rings (SSSR count). The smallest absolute Gasteiger partial charge is 0.376 e. The van der Waals surface area contributed by atoms with Crippen LogP contribution in [0.5, 0.6) is 0 Å². The summed E-state index contributed by atoms with van der Waals surface area (Å²) in [7, 11) is -5.85. The Morgan fingerprint density at radius 1 is 1.27 bits per heavy atom. The third-order valence-electron chi connectivity index (χ3n) is 3.15. The summed E-state index contributed by atoms with van der Waals surface area (Å²) in [5.74, 6) is -0.568. The highest BCUT2D eigenvalue weighted by Crippen LogP contribution is 2.43. The molecule has 0 spiro atoms. The van der Waals surface area contributed by atoms with E-state index in [2.05, 4.69) is 4.18 Å². The molecular formula is C12H10F3NO5S. The van der Waals surface area contributed by atoms with Crippen molar-refractivity contribution in [3.05, 3.63) is 45.5 Å². The summed E-state index contributed by atoms with van der Waals surface area (Å²) < 4.78 is 63.6. The zero-order valence-electron chi connectivity index (χ0n) is 11.3. The summed E-state index contributed by atoms with van der Waals surface area (Å²) in [6, 6.07) is 3.54. The molecule has 0 aromatic heterocycles. The van der Waals surface area contributed by atoms with Gasteiger partial charge in [0.25, 0.3) is 5.69 Å². The van der Waals surface area contributed by atoms with Gasteiger partial charge in [0.2, 0.25) is 0 Å². The van der Waals surface area contributed by atoms with Gasteiger partial charge < -0.3 is 4.18 Å². The van der Waals surface area contributed by atoms with Crippen LogP contribution in [-0.4, -0.2) is 18.8 Å². The van der Waals surface area contributed by atoms with Crippen LogP contribution in [0.15, 0.2) is 24.3 Å². The van der Waals surface area contributed by atoms with Gasteiger partial charge in [0.15, 0.2) is 0 Å². The lowest BCUT2D eigenvalue weighted by molar-refractivity contribution is -0.384. The molecule has 10 heteroatoms. The van der Waals surface area contributed by atoms with Crippen molar-refractivity contribution in [1.29, 1.82) is 0 Å². The molecule has 0 radical (unpaired) electrons. The van der Waals surface area contributed by atoms with E-state index in [9.17, 15) is 31.7 Å². The highest BCUT2D eigenvalue weighted by Gasteiger charge is 2.50. The summed E-state index contributed by atoms with van der Waals surface area (Å²) in [5, 5.41) is 10.8. The maximum absolute atomic E-state index is 12.4. The van der Waals surface area contributed by atoms with Crippen molar-refractivity contribution in [2.45, 2.75) is 24.8 Å². The number of hydrogen-bond donors (Lipinski definition) is 0. The van der Waals surface area contributed by atoms with E-state index in [1.807, 2.05) is 0 Å². The number of benzene rings is 1. The Hall–Kier alpha value is -2.10. The van der Waals surface area contributed by atoms with E-state index in [0.29, 0.717) is 5.56 Å². The number of halogens is 3. The number of nitro benzene ring substituents is 1. The van der Waals surface area contributed by atoms with E-state index >= 15 is 0 Å². The topological polar surface area (TPSA) is 86.5 Å².